The molecule has 0 spiro atoms. The lowest BCUT2D eigenvalue weighted by molar-refractivity contribution is 0.624. The normalized spacial score (nSPS) is 10.9. The number of rotatable bonds is 3. The Balaban J connectivity index is 0.00000220. The van der Waals surface area contributed by atoms with E-state index >= 15 is 0 Å². The molecular formula is C15H16BrFIN3. The third kappa shape index (κ3) is 6.01. The molecule has 2 aromatic rings. The van der Waals surface area contributed by atoms with Gasteiger partial charge in [0, 0.05) is 10.2 Å². The van der Waals surface area contributed by atoms with Crippen LogP contribution in [0, 0.1) is 12.7 Å². The molecule has 0 aromatic heterocycles. The van der Waals surface area contributed by atoms with Crippen molar-refractivity contribution < 1.29 is 4.39 Å². The molecule has 2 aromatic carbocycles. The summed E-state index contributed by atoms with van der Waals surface area (Å²) >= 11 is 3.25. The van der Waals surface area contributed by atoms with Gasteiger partial charge in [0.05, 0.1) is 6.54 Å². The summed E-state index contributed by atoms with van der Waals surface area (Å²) in [5.41, 5.74) is 8.61. The molecule has 6 heteroatoms. The van der Waals surface area contributed by atoms with Crippen molar-refractivity contribution in [2.24, 2.45) is 10.7 Å². The molecule has 0 aliphatic carbocycles. The minimum Gasteiger partial charge on any atom is -0.370 e. The van der Waals surface area contributed by atoms with Gasteiger partial charge in [-0.05, 0) is 42.8 Å². The van der Waals surface area contributed by atoms with Crippen LogP contribution in [-0.4, -0.2) is 5.96 Å². The highest BCUT2D eigenvalue weighted by Gasteiger charge is 1.99. The Labute approximate surface area is 149 Å². The number of nitrogens with two attached hydrogens (primary N) is 1. The van der Waals surface area contributed by atoms with E-state index in [1.807, 2.05) is 37.3 Å². The second kappa shape index (κ2) is 8.33. The summed E-state index contributed by atoms with van der Waals surface area (Å²) in [4.78, 5) is 4.19. The van der Waals surface area contributed by atoms with Crippen molar-refractivity contribution in [1.29, 1.82) is 0 Å². The maximum atomic E-state index is 13.2. The molecule has 3 N–H and O–H groups in total. The zero-order valence-corrected chi connectivity index (χ0v) is 15.4. The lowest BCUT2D eigenvalue weighted by atomic mass is 10.2. The van der Waals surface area contributed by atoms with Crippen molar-refractivity contribution in [3.63, 3.8) is 0 Å². The van der Waals surface area contributed by atoms with Gasteiger partial charge in [-0.25, -0.2) is 9.38 Å². The number of nitrogens with zero attached hydrogens (tertiary/aromatic N) is 1. The number of benzene rings is 2. The van der Waals surface area contributed by atoms with E-state index in [9.17, 15) is 4.39 Å². The SMILES string of the molecule is Cc1ccc(NC(N)=NCc2cc(F)cc(Br)c2)cc1.I. The molecule has 0 atom stereocenters. The van der Waals surface area contributed by atoms with Gasteiger partial charge in [0.15, 0.2) is 5.96 Å². The molecule has 0 amide bonds. The zero-order valence-electron chi connectivity index (χ0n) is 11.4. The molecule has 0 aliphatic heterocycles. The summed E-state index contributed by atoms with van der Waals surface area (Å²) in [7, 11) is 0. The molecular weight excluding hydrogens is 448 g/mol. The highest BCUT2D eigenvalue weighted by Crippen LogP contribution is 2.15. The van der Waals surface area contributed by atoms with E-state index in [-0.39, 0.29) is 29.8 Å². The number of hydrogen-bond acceptors (Lipinski definition) is 1. The Morgan fingerprint density at radius 2 is 1.90 bits per heavy atom. The largest absolute Gasteiger partial charge is 0.370 e. The molecule has 21 heavy (non-hydrogen) atoms. The van der Waals surface area contributed by atoms with E-state index in [1.165, 1.54) is 17.7 Å². The Morgan fingerprint density at radius 1 is 1.24 bits per heavy atom. The summed E-state index contributed by atoms with van der Waals surface area (Å²) in [5, 5.41) is 2.99. The quantitative estimate of drug-likeness (QED) is 0.401. The minimum atomic E-state index is -0.297. The molecule has 112 valence electrons. The average Bonchev–Trinajstić information content (AvgIpc) is 2.38. The first-order chi connectivity index (χ1) is 9.52. The number of nitrogens with one attached hydrogen (secondary N) is 1. The number of guanidine groups is 1. The summed E-state index contributed by atoms with van der Waals surface area (Å²) in [6.07, 6.45) is 0. The molecule has 0 heterocycles. The van der Waals surface area contributed by atoms with Crippen LogP contribution in [0.15, 0.2) is 51.9 Å². The van der Waals surface area contributed by atoms with E-state index in [0.717, 1.165) is 11.3 Å². The molecule has 0 bridgehead atoms. The van der Waals surface area contributed by atoms with Crippen molar-refractivity contribution in [2.75, 3.05) is 5.32 Å². The summed E-state index contributed by atoms with van der Waals surface area (Å²) < 4.78 is 13.9. The van der Waals surface area contributed by atoms with Gasteiger partial charge in [0.25, 0.3) is 0 Å². The minimum absolute atomic E-state index is 0. The fourth-order valence-corrected chi connectivity index (χ4v) is 2.22. The average molecular weight is 464 g/mol. The van der Waals surface area contributed by atoms with E-state index < -0.39 is 0 Å². The van der Waals surface area contributed by atoms with Crippen LogP contribution in [0.25, 0.3) is 0 Å². The van der Waals surface area contributed by atoms with E-state index in [2.05, 4.69) is 26.2 Å². The predicted octanol–water partition coefficient (Wildman–Crippen LogP) is 4.44. The highest BCUT2D eigenvalue weighted by atomic mass is 127. The Hall–Kier alpha value is -1.15. The van der Waals surface area contributed by atoms with Gasteiger partial charge >= 0.3 is 0 Å². The number of halogens is 3. The van der Waals surface area contributed by atoms with Crippen molar-refractivity contribution in [3.8, 4) is 0 Å². The third-order valence-corrected chi connectivity index (χ3v) is 3.14. The fraction of sp³-hybridized carbons (Fsp3) is 0.133. The topological polar surface area (TPSA) is 50.4 Å². The lowest BCUT2D eigenvalue weighted by Gasteiger charge is -2.06. The first kappa shape index (κ1) is 17.9. The standard InChI is InChI=1S/C15H15BrFN3.HI/c1-10-2-4-14(5-3-10)20-15(18)19-9-11-6-12(16)8-13(17)7-11;/h2-8H,9H2,1H3,(H3,18,19,20);1H. The first-order valence-corrected chi connectivity index (χ1v) is 6.91. The van der Waals surface area contributed by atoms with Gasteiger partial charge in [-0.15, -0.1) is 24.0 Å². The monoisotopic (exact) mass is 463 g/mol. The van der Waals surface area contributed by atoms with E-state index in [1.54, 1.807) is 0 Å². The highest BCUT2D eigenvalue weighted by molar-refractivity contribution is 14.0. The molecule has 0 fully saturated rings. The molecule has 0 saturated carbocycles. The maximum Gasteiger partial charge on any atom is 0.193 e. The van der Waals surface area contributed by atoms with Crippen LogP contribution in [0.2, 0.25) is 0 Å². The van der Waals surface area contributed by atoms with Gasteiger partial charge in [-0.3, -0.25) is 0 Å². The Kier molecular flexibility index (Phi) is 7.10. The first-order valence-electron chi connectivity index (χ1n) is 6.11. The van der Waals surface area contributed by atoms with Crippen molar-refractivity contribution >= 4 is 51.6 Å². The van der Waals surface area contributed by atoms with Gasteiger partial charge in [-0.1, -0.05) is 33.6 Å². The number of hydrogen-bond donors (Lipinski definition) is 2. The van der Waals surface area contributed by atoms with Crippen LogP contribution in [0.1, 0.15) is 11.1 Å². The van der Waals surface area contributed by atoms with E-state index in [4.69, 9.17) is 5.73 Å². The molecule has 0 unspecified atom stereocenters. The van der Waals surface area contributed by atoms with Crippen LogP contribution < -0.4 is 11.1 Å². The molecule has 2 rings (SSSR count). The van der Waals surface area contributed by atoms with Gasteiger partial charge in [0.2, 0.25) is 0 Å². The molecule has 0 radical (unpaired) electrons. The third-order valence-electron chi connectivity index (χ3n) is 2.68. The van der Waals surface area contributed by atoms with E-state index in [0.29, 0.717) is 17.0 Å². The van der Waals surface area contributed by atoms with Crippen molar-refractivity contribution in [3.05, 3.63) is 63.9 Å². The van der Waals surface area contributed by atoms with Crippen LogP contribution in [-0.2, 0) is 6.54 Å². The summed E-state index contributed by atoms with van der Waals surface area (Å²) in [6, 6.07) is 12.5. The Bertz CT molecular complexity index is 609. The van der Waals surface area contributed by atoms with Gasteiger partial charge in [-0.2, -0.15) is 0 Å². The summed E-state index contributed by atoms with van der Waals surface area (Å²) in [6.45, 7) is 2.34. The van der Waals surface area contributed by atoms with Crippen molar-refractivity contribution in [1.82, 2.24) is 0 Å². The van der Waals surface area contributed by atoms with Crippen LogP contribution >= 0.6 is 39.9 Å². The smallest absolute Gasteiger partial charge is 0.193 e. The van der Waals surface area contributed by atoms with Crippen LogP contribution in [0.3, 0.4) is 0 Å². The maximum absolute atomic E-state index is 13.2. The van der Waals surface area contributed by atoms with Gasteiger partial charge < -0.3 is 11.1 Å². The van der Waals surface area contributed by atoms with Crippen LogP contribution in [0.4, 0.5) is 10.1 Å². The number of aliphatic imine (C=N–C) groups is 1. The van der Waals surface area contributed by atoms with Crippen molar-refractivity contribution in [2.45, 2.75) is 13.5 Å². The number of anilines is 1. The van der Waals surface area contributed by atoms with Crippen LogP contribution in [0.5, 0.6) is 0 Å². The second-order valence-corrected chi connectivity index (χ2v) is 5.39. The summed E-state index contributed by atoms with van der Waals surface area (Å²) in [5.74, 6) is 0.00359. The Morgan fingerprint density at radius 3 is 2.52 bits per heavy atom. The molecule has 0 saturated heterocycles. The van der Waals surface area contributed by atoms with Gasteiger partial charge in [0.1, 0.15) is 5.82 Å². The second-order valence-electron chi connectivity index (χ2n) is 4.47. The number of aryl methyl sites for hydroxylation is 1. The lowest BCUT2D eigenvalue weighted by Crippen LogP contribution is -2.22. The molecule has 3 nitrogen and oxygen atoms in total. The predicted molar refractivity (Wildman–Crippen MR) is 99.6 cm³/mol. The fourth-order valence-electron chi connectivity index (χ4n) is 1.70. The zero-order chi connectivity index (χ0) is 14.5. The molecule has 0 aliphatic rings.